The quantitative estimate of drug-likeness (QED) is 0.464. The lowest BCUT2D eigenvalue weighted by Gasteiger charge is -2.31. The number of furan rings is 1. The van der Waals surface area contributed by atoms with Gasteiger partial charge in [-0.3, -0.25) is 4.79 Å². The van der Waals surface area contributed by atoms with Crippen LogP contribution in [0, 0.1) is 0 Å². The van der Waals surface area contributed by atoms with E-state index in [1.807, 2.05) is 30.3 Å². The van der Waals surface area contributed by atoms with Gasteiger partial charge in [-0.1, -0.05) is 12.1 Å². The van der Waals surface area contributed by atoms with Gasteiger partial charge in [0, 0.05) is 36.9 Å². The van der Waals surface area contributed by atoms with E-state index in [1.54, 1.807) is 40.0 Å². The minimum Gasteiger partial charge on any atom is -0.493 e. The minimum absolute atomic E-state index is 0.0487. The van der Waals surface area contributed by atoms with E-state index in [4.69, 9.17) is 13.9 Å². The third-order valence-electron chi connectivity index (χ3n) is 5.91. The third kappa shape index (κ3) is 5.95. The van der Waals surface area contributed by atoms with Crippen molar-refractivity contribution in [1.82, 2.24) is 10.2 Å². The summed E-state index contributed by atoms with van der Waals surface area (Å²) in [6.07, 6.45) is -1.16. The topological polar surface area (TPSA) is 81.0 Å². The largest absolute Gasteiger partial charge is 0.493 e. The van der Waals surface area contributed by atoms with Gasteiger partial charge in [-0.15, -0.1) is 0 Å². The summed E-state index contributed by atoms with van der Waals surface area (Å²) in [7, 11) is 1.55. The number of benzene rings is 2. The summed E-state index contributed by atoms with van der Waals surface area (Å²) < 4.78 is 43.5. The molecule has 0 radical (unpaired) electrons. The minimum atomic E-state index is -2.70. The second-order valence-corrected chi connectivity index (χ2v) is 9.89. The normalized spacial score (nSPS) is 15.6. The number of hydrogen-bond donors (Lipinski definition) is 1. The standard InChI is InChI=1S/C27H30F2N2O5/c1-26(2,3)36-25(33)30-16-21-14-20-13-19(15-22(34-4)23(20)35-21)17-5-7-18(8-6-17)24(32)31-11-9-27(28,29)10-12-31/h5-8,13-15H,9-12,16H2,1-4H3,(H,30,33). The Morgan fingerprint density at radius 2 is 1.72 bits per heavy atom. The van der Waals surface area contributed by atoms with E-state index in [2.05, 4.69) is 5.32 Å². The van der Waals surface area contributed by atoms with Crippen LogP contribution in [0.2, 0.25) is 0 Å². The molecule has 1 N–H and O–H groups in total. The molecule has 0 atom stereocenters. The zero-order valence-corrected chi connectivity index (χ0v) is 20.8. The third-order valence-corrected chi connectivity index (χ3v) is 5.91. The van der Waals surface area contributed by atoms with Crippen LogP contribution in [-0.4, -0.2) is 48.6 Å². The second kappa shape index (κ2) is 9.79. The maximum atomic E-state index is 13.4. The van der Waals surface area contributed by atoms with Crippen LogP contribution in [0.25, 0.3) is 22.1 Å². The van der Waals surface area contributed by atoms with Crippen LogP contribution in [0.4, 0.5) is 13.6 Å². The number of methoxy groups -OCH3 is 1. The Bertz CT molecular complexity index is 1250. The molecule has 1 fully saturated rings. The average molecular weight is 501 g/mol. The van der Waals surface area contributed by atoms with Crippen LogP contribution in [-0.2, 0) is 11.3 Å². The number of likely N-dealkylation sites (tertiary alicyclic amines) is 1. The zero-order chi connectivity index (χ0) is 26.1. The van der Waals surface area contributed by atoms with Gasteiger partial charge in [0.05, 0.1) is 13.7 Å². The highest BCUT2D eigenvalue weighted by Crippen LogP contribution is 2.35. The van der Waals surface area contributed by atoms with Gasteiger partial charge in [-0.05, 0) is 62.2 Å². The summed E-state index contributed by atoms with van der Waals surface area (Å²) in [5, 5.41) is 3.47. The molecular weight excluding hydrogens is 470 g/mol. The first-order chi connectivity index (χ1) is 16.9. The number of ether oxygens (including phenoxy) is 2. The van der Waals surface area contributed by atoms with Crippen molar-refractivity contribution in [3.05, 3.63) is 53.8 Å². The fourth-order valence-electron chi connectivity index (χ4n) is 4.08. The van der Waals surface area contributed by atoms with Crippen LogP contribution in [0.15, 0.2) is 46.9 Å². The Labute approximate surface area is 208 Å². The molecule has 0 bridgehead atoms. The van der Waals surface area contributed by atoms with E-state index in [0.29, 0.717) is 22.7 Å². The summed E-state index contributed by atoms with van der Waals surface area (Å²) in [6, 6.07) is 12.6. The molecule has 1 saturated heterocycles. The smallest absolute Gasteiger partial charge is 0.408 e. The first-order valence-corrected chi connectivity index (χ1v) is 11.8. The Hall–Kier alpha value is -3.62. The van der Waals surface area contributed by atoms with Crippen LogP contribution >= 0.6 is 0 Å². The number of nitrogens with one attached hydrogen (secondary N) is 1. The van der Waals surface area contributed by atoms with Gasteiger partial charge < -0.3 is 24.1 Å². The van der Waals surface area contributed by atoms with Gasteiger partial charge in [-0.2, -0.15) is 0 Å². The first kappa shape index (κ1) is 25.5. The monoisotopic (exact) mass is 500 g/mol. The molecule has 9 heteroatoms. The average Bonchev–Trinajstić information content (AvgIpc) is 3.24. The van der Waals surface area contributed by atoms with Gasteiger partial charge in [0.1, 0.15) is 11.4 Å². The number of nitrogens with zero attached hydrogens (tertiary/aromatic N) is 1. The molecule has 0 unspecified atom stereocenters. The molecule has 1 aliphatic rings. The number of carbonyl (C=O) groups is 2. The molecule has 192 valence electrons. The van der Waals surface area contributed by atoms with Crippen LogP contribution in [0.1, 0.15) is 49.7 Å². The molecule has 2 amide bonds. The molecule has 0 aliphatic carbocycles. The summed E-state index contributed by atoms with van der Waals surface area (Å²) in [5.74, 6) is -1.88. The summed E-state index contributed by atoms with van der Waals surface area (Å²) in [4.78, 5) is 26.2. The van der Waals surface area contributed by atoms with Gasteiger partial charge in [0.15, 0.2) is 11.3 Å². The molecule has 0 saturated carbocycles. The number of fused-ring (bicyclic) bond motifs is 1. The molecule has 1 aromatic heterocycles. The summed E-state index contributed by atoms with van der Waals surface area (Å²) in [5.41, 5.74) is 2.11. The molecule has 0 spiro atoms. The molecule has 2 heterocycles. The number of rotatable bonds is 5. The predicted molar refractivity (Wildman–Crippen MR) is 131 cm³/mol. The lowest BCUT2D eigenvalue weighted by atomic mass is 10.0. The zero-order valence-electron chi connectivity index (χ0n) is 20.8. The highest BCUT2D eigenvalue weighted by atomic mass is 19.3. The van der Waals surface area contributed by atoms with Crippen molar-refractivity contribution >= 4 is 23.0 Å². The highest BCUT2D eigenvalue weighted by Gasteiger charge is 2.35. The lowest BCUT2D eigenvalue weighted by Crippen LogP contribution is -2.42. The second-order valence-electron chi connectivity index (χ2n) is 9.89. The van der Waals surface area contributed by atoms with E-state index in [-0.39, 0.29) is 38.4 Å². The van der Waals surface area contributed by atoms with Crippen LogP contribution in [0.3, 0.4) is 0 Å². The van der Waals surface area contributed by atoms with Crippen LogP contribution in [0.5, 0.6) is 5.75 Å². The number of carbonyl (C=O) groups excluding carboxylic acids is 2. The van der Waals surface area contributed by atoms with Gasteiger partial charge >= 0.3 is 6.09 Å². The van der Waals surface area contributed by atoms with Crippen molar-refractivity contribution in [3.63, 3.8) is 0 Å². The van der Waals surface area contributed by atoms with E-state index >= 15 is 0 Å². The van der Waals surface area contributed by atoms with Crippen molar-refractivity contribution in [1.29, 1.82) is 0 Å². The van der Waals surface area contributed by atoms with Gasteiger partial charge in [-0.25, -0.2) is 13.6 Å². The van der Waals surface area contributed by atoms with Gasteiger partial charge in [0.2, 0.25) is 0 Å². The number of halogens is 2. The number of amides is 2. The highest BCUT2D eigenvalue weighted by molar-refractivity contribution is 5.95. The lowest BCUT2D eigenvalue weighted by molar-refractivity contribution is -0.0494. The van der Waals surface area contributed by atoms with Crippen molar-refractivity contribution in [2.24, 2.45) is 0 Å². The van der Waals surface area contributed by atoms with E-state index in [9.17, 15) is 18.4 Å². The molecular formula is C27H30F2N2O5. The summed E-state index contributed by atoms with van der Waals surface area (Å²) in [6.45, 7) is 5.62. The van der Waals surface area contributed by atoms with Crippen molar-refractivity contribution < 1.29 is 32.3 Å². The fraction of sp³-hybridized carbons (Fsp3) is 0.407. The Balaban J connectivity index is 1.50. The SMILES string of the molecule is COc1cc(-c2ccc(C(=O)N3CCC(F)(F)CC3)cc2)cc2cc(CNC(=O)OC(C)(C)C)oc12. The van der Waals surface area contributed by atoms with E-state index < -0.39 is 17.6 Å². The van der Waals surface area contributed by atoms with E-state index in [1.165, 1.54) is 4.90 Å². The predicted octanol–water partition coefficient (Wildman–Crippen LogP) is 6.00. The number of piperidine rings is 1. The van der Waals surface area contributed by atoms with Crippen LogP contribution < -0.4 is 10.1 Å². The number of alkyl halides is 2. The molecule has 1 aliphatic heterocycles. The Morgan fingerprint density at radius 1 is 1.06 bits per heavy atom. The number of hydrogen-bond acceptors (Lipinski definition) is 5. The molecule has 4 rings (SSSR count). The van der Waals surface area contributed by atoms with Crippen molar-refractivity contribution in [3.8, 4) is 16.9 Å². The molecule has 2 aromatic carbocycles. The first-order valence-electron chi connectivity index (χ1n) is 11.8. The van der Waals surface area contributed by atoms with Crippen molar-refractivity contribution in [2.45, 2.75) is 51.7 Å². The summed E-state index contributed by atoms with van der Waals surface area (Å²) >= 11 is 0. The maximum absolute atomic E-state index is 13.4. The van der Waals surface area contributed by atoms with Gasteiger partial charge in [0.25, 0.3) is 11.8 Å². The Morgan fingerprint density at radius 3 is 2.33 bits per heavy atom. The fourth-order valence-corrected chi connectivity index (χ4v) is 4.08. The number of alkyl carbamates (subject to hydrolysis) is 1. The Kier molecular flexibility index (Phi) is 6.93. The molecule has 36 heavy (non-hydrogen) atoms. The van der Waals surface area contributed by atoms with Crippen molar-refractivity contribution in [2.75, 3.05) is 20.2 Å². The van der Waals surface area contributed by atoms with E-state index in [0.717, 1.165) is 16.5 Å². The maximum Gasteiger partial charge on any atom is 0.408 e. The molecule has 7 nitrogen and oxygen atoms in total. The molecule has 3 aromatic rings.